The Balaban J connectivity index is 1.49. The van der Waals surface area contributed by atoms with Gasteiger partial charge in [0.15, 0.2) is 11.5 Å². The van der Waals surface area contributed by atoms with Crippen molar-refractivity contribution in [3.05, 3.63) is 78.9 Å². The molecule has 1 aromatic heterocycles. The van der Waals surface area contributed by atoms with Crippen LogP contribution < -0.4 is 19.5 Å². The van der Waals surface area contributed by atoms with Gasteiger partial charge in [-0.3, -0.25) is 4.79 Å². The molecule has 0 saturated carbocycles. The number of ether oxygens (including phenoxy) is 3. The van der Waals surface area contributed by atoms with E-state index in [1.807, 2.05) is 18.2 Å². The van der Waals surface area contributed by atoms with Gasteiger partial charge in [-0.05, 0) is 47.5 Å². The van der Waals surface area contributed by atoms with Crippen LogP contribution in [0.25, 0.3) is 22.0 Å². The van der Waals surface area contributed by atoms with Gasteiger partial charge in [0, 0.05) is 11.5 Å². The van der Waals surface area contributed by atoms with Gasteiger partial charge in [0.1, 0.15) is 35.9 Å². The Morgan fingerprint density at radius 3 is 2.54 bits per heavy atom. The maximum absolute atomic E-state index is 13.9. The van der Waals surface area contributed by atoms with E-state index in [0.29, 0.717) is 58.3 Å². The number of likely N-dealkylation sites (tertiary alicyclic amines) is 1. The maximum Gasteiger partial charge on any atom is 0.246 e. The number of nitrogens with one attached hydrogen (secondary N) is 1. The third-order valence-corrected chi connectivity index (χ3v) is 6.42. The lowest BCUT2D eigenvalue weighted by Crippen LogP contribution is -2.55. The average Bonchev–Trinajstić information content (AvgIpc) is 2.94. The summed E-state index contributed by atoms with van der Waals surface area (Å²) in [6, 6.07) is 15.3. The number of methoxy groups -OCH3 is 2. The second-order valence-electron chi connectivity index (χ2n) is 8.78. The van der Waals surface area contributed by atoms with E-state index in [1.54, 1.807) is 43.4 Å². The van der Waals surface area contributed by atoms with E-state index >= 15 is 0 Å². The number of aromatic nitrogens is 2. The summed E-state index contributed by atoms with van der Waals surface area (Å²) in [5.74, 6) is 1.34. The van der Waals surface area contributed by atoms with Crippen molar-refractivity contribution in [2.24, 2.45) is 0 Å². The topological polar surface area (TPSA) is 110 Å². The highest BCUT2D eigenvalue weighted by Crippen LogP contribution is 2.38. The summed E-state index contributed by atoms with van der Waals surface area (Å²) >= 11 is 0. The monoisotopic (exact) mass is 525 g/mol. The molecule has 4 aromatic rings. The Morgan fingerprint density at radius 2 is 1.82 bits per heavy atom. The molecule has 9 nitrogen and oxygen atoms in total. The number of nitrogens with zero attached hydrogens (tertiary/aromatic N) is 4. The van der Waals surface area contributed by atoms with Crippen molar-refractivity contribution >= 4 is 28.3 Å². The molecule has 1 N–H and O–H groups in total. The highest BCUT2D eigenvalue weighted by Gasteiger charge is 2.31. The number of benzene rings is 3. The molecule has 0 bridgehead atoms. The first-order chi connectivity index (χ1) is 18.9. The standard InChI is InChI=1S/C29H24FN5O4/c1-4-28(36)35-14-20(15-35)39-27-11-21-23(12-26(27)38-3)32-16-33-29(21)34-24-10-18(6-8-25(24)37-2)17-5-7-22(30)19(9-17)13-31/h4-12,16,20H,1,14-15H2,2-3H3,(H,32,33,34). The molecule has 1 saturated heterocycles. The van der Waals surface area contributed by atoms with Gasteiger partial charge in [-0.1, -0.05) is 18.7 Å². The van der Waals surface area contributed by atoms with E-state index in [4.69, 9.17) is 14.2 Å². The van der Waals surface area contributed by atoms with Gasteiger partial charge in [0.25, 0.3) is 0 Å². The number of hydrogen-bond acceptors (Lipinski definition) is 8. The quantitative estimate of drug-likeness (QED) is 0.326. The van der Waals surface area contributed by atoms with Crippen molar-refractivity contribution in [3.8, 4) is 34.4 Å². The lowest BCUT2D eigenvalue weighted by molar-refractivity contribution is -0.134. The van der Waals surface area contributed by atoms with Gasteiger partial charge in [-0.25, -0.2) is 14.4 Å². The zero-order valence-corrected chi connectivity index (χ0v) is 21.3. The zero-order valence-electron chi connectivity index (χ0n) is 21.3. The van der Waals surface area contributed by atoms with Crippen molar-refractivity contribution in [2.45, 2.75) is 6.10 Å². The molecule has 1 aliphatic heterocycles. The summed E-state index contributed by atoms with van der Waals surface area (Å²) in [6.45, 7) is 4.41. The smallest absolute Gasteiger partial charge is 0.246 e. The van der Waals surface area contributed by atoms with Crippen LogP contribution in [0.3, 0.4) is 0 Å². The van der Waals surface area contributed by atoms with Crippen molar-refractivity contribution in [2.75, 3.05) is 32.6 Å². The number of anilines is 2. The third-order valence-electron chi connectivity index (χ3n) is 6.42. The van der Waals surface area contributed by atoms with Crippen LogP contribution in [-0.4, -0.2) is 54.2 Å². The van der Waals surface area contributed by atoms with Crippen LogP contribution in [0.2, 0.25) is 0 Å². The molecule has 0 spiro atoms. The molecule has 0 radical (unpaired) electrons. The molecular formula is C29H24FN5O4. The number of carbonyl (C=O) groups excluding carboxylic acids is 1. The molecule has 5 rings (SSSR count). The second-order valence-corrected chi connectivity index (χ2v) is 8.78. The van der Waals surface area contributed by atoms with Crippen molar-refractivity contribution < 1.29 is 23.4 Å². The van der Waals surface area contributed by atoms with E-state index < -0.39 is 5.82 Å². The van der Waals surface area contributed by atoms with Crippen LogP contribution in [0, 0.1) is 17.1 Å². The van der Waals surface area contributed by atoms with Crippen LogP contribution in [0.1, 0.15) is 5.56 Å². The molecule has 1 amide bonds. The number of rotatable bonds is 8. The summed E-state index contributed by atoms with van der Waals surface area (Å²) < 4.78 is 31.1. The maximum atomic E-state index is 13.9. The molecule has 10 heteroatoms. The van der Waals surface area contributed by atoms with Gasteiger partial charge in [-0.2, -0.15) is 5.26 Å². The predicted octanol–water partition coefficient (Wildman–Crippen LogP) is 4.84. The Labute approximate surface area is 224 Å². The minimum atomic E-state index is -0.573. The fraction of sp³-hybridized carbons (Fsp3) is 0.172. The first-order valence-electron chi connectivity index (χ1n) is 12.0. The lowest BCUT2D eigenvalue weighted by atomic mass is 10.0. The number of nitriles is 1. The lowest BCUT2D eigenvalue weighted by Gasteiger charge is -2.38. The van der Waals surface area contributed by atoms with Crippen LogP contribution in [0.5, 0.6) is 17.2 Å². The molecule has 1 aliphatic rings. The molecule has 2 heterocycles. The van der Waals surface area contributed by atoms with E-state index in [1.165, 1.54) is 24.5 Å². The van der Waals surface area contributed by atoms with Gasteiger partial charge < -0.3 is 24.4 Å². The molecule has 39 heavy (non-hydrogen) atoms. The minimum Gasteiger partial charge on any atom is -0.495 e. The SMILES string of the molecule is C=CC(=O)N1CC(Oc2cc3c(Nc4cc(-c5ccc(F)c(C#N)c5)ccc4OC)ncnc3cc2OC)C1. The number of fused-ring (bicyclic) bond motifs is 1. The van der Waals surface area contributed by atoms with Crippen LogP contribution in [0.4, 0.5) is 15.9 Å². The Kier molecular flexibility index (Phi) is 6.97. The normalized spacial score (nSPS) is 12.8. The zero-order chi connectivity index (χ0) is 27.5. The molecule has 196 valence electrons. The Morgan fingerprint density at radius 1 is 1.08 bits per heavy atom. The number of amides is 1. The first-order valence-corrected chi connectivity index (χ1v) is 12.0. The van der Waals surface area contributed by atoms with Gasteiger partial charge in [-0.15, -0.1) is 0 Å². The molecule has 0 atom stereocenters. The molecular weight excluding hydrogens is 501 g/mol. The highest BCUT2D eigenvalue weighted by molar-refractivity contribution is 5.94. The van der Waals surface area contributed by atoms with E-state index in [-0.39, 0.29) is 17.6 Å². The Bertz CT molecular complexity index is 1630. The van der Waals surface area contributed by atoms with Crippen LogP contribution in [-0.2, 0) is 4.79 Å². The van der Waals surface area contributed by atoms with Crippen LogP contribution >= 0.6 is 0 Å². The Hall–Kier alpha value is -5.17. The predicted molar refractivity (Wildman–Crippen MR) is 144 cm³/mol. The van der Waals surface area contributed by atoms with Crippen LogP contribution in [0.15, 0.2) is 67.5 Å². The van der Waals surface area contributed by atoms with Crippen molar-refractivity contribution in [1.29, 1.82) is 5.26 Å². The molecule has 3 aromatic carbocycles. The number of halogens is 1. The number of hydrogen-bond donors (Lipinski definition) is 1. The third kappa shape index (κ3) is 5.02. The van der Waals surface area contributed by atoms with E-state index in [0.717, 1.165) is 5.56 Å². The van der Waals surface area contributed by atoms with E-state index in [2.05, 4.69) is 21.9 Å². The minimum absolute atomic E-state index is 0.0375. The second kappa shape index (κ2) is 10.7. The van der Waals surface area contributed by atoms with Gasteiger partial charge in [0.2, 0.25) is 5.91 Å². The molecule has 0 aliphatic carbocycles. The highest BCUT2D eigenvalue weighted by atomic mass is 19.1. The average molecular weight is 526 g/mol. The summed E-state index contributed by atoms with van der Waals surface area (Å²) in [7, 11) is 3.10. The van der Waals surface area contributed by atoms with Gasteiger partial charge in [0.05, 0.1) is 44.1 Å². The fourth-order valence-electron chi connectivity index (χ4n) is 4.32. The summed E-state index contributed by atoms with van der Waals surface area (Å²) in [4.78, 5) is 22.2. The first kappa shape index (κ1) is 25.5. The molecule has 0 unspecified atom stereocenters. The van der Waals surface area contributed by atoms with Crippen molar-refractivity contribution in [1.82, 2.24) is 14.9 Å². The largest absolute Gasteiger partial charge is 0.495 e. The fourth-order valence-corrected chi connectivity index (χ4v) is 4.32. The van der Waals surface area contributed by atoms with Gasteiger partial charge >= 0.3 is 0 Å². The summed E-state index contributed by atoms with van der Waals surface area (Å²) in [5, 5.41) is 13.2. The molecule has 1 fully saturated rings. The number of carbonyl (C=O) groups is 1. The summed E-state index contributed by atoms with van der Waals surface area (Å²) in [6.07, 6.45) is 2.53. The van der Waals surface area contributed by atoms with E-state index in [9.17, 15) is 14.4 Å². The summed E-state index contributed by atoms with van der Waals surface area (Å²) in [5.41, 5.74) is 2.62. The van der Waals surface area contributed by atoms with Crippen molar-refractivity contribution in [3.63, 3.8) is 0 Å².